The Hall–Kier alpha value is -1.14. The topological polar surface area (TPSA) is 74.8 Å². The van der Waals surface area contributed by atoms with Crippen LogP contribution < -0.4 is 4.72 Å². The average molecular weight is 231 g/mol. The first-order chi connectivity index (χ1) is 7.14. The molecule has 0 amide bonds. The Morgan fingerprint density at radius 2 is 2.20 bits per heavy atom. The van der Waals surface area contributed by atoms with Gasteiger partial charge in [-0.3, -0.25) is 0 Å². The van der Waals surface area contributed by atoms with Gasteiger partial charge >= 0.3 is 0 Å². The van der Waals surface area contributed by atoms with Crippen molar-refractivity contribution in [2.24, 2.45) is 0 Å². The summed E-state index contributed by atoms with van der Waals surface area (Å²) in [5.41, 5.74) is 0.877. The monoisotopic (exact) mass is 231 g/mol. The quantitative estimate of drug-likeness (QED) is 0.813. The van der Waals surface area contributed by atoms with Gasteiger partial charge in [0.1, 0.15) is 0 Å². The van der Waals surface area contributed by atoms with E-state index in [4.69, 9.17) is 0 Å². The van der Waals surface area contributed by atoms with Crippen LogP contribution in [0, 0.1) is 0 Å². The van der Waals surface area contributed by atoms with Crippen LogP contribution >= 0.6 is 0 Å². The first-order valence-corrected chi connectivity index (χ1v) is 6.26. The Labute approximate surface area is 90.7 Å². The minimum atomic E-state index is -3.24. The fraction of sp³-hybridized carbons (Fsp3) is 0.444. The van der Waals surface area contributed by atoms with E-state index >= 15 is 0 Å². The van der Waals surface area contributed by atoms with Gasteiger partial charge in [-0.25, -0.2) is 18.1 Å². The smallest absolute Gasteiger partial charge is 0.233 e. The van der Waals surface area contributed by atoms with E-state index in [2.05, 4.69) is 14.7 Å². The van der Waals surface area contributed by atoms with Gasteiger partial charge < -0.3 is 4.98 Å². The minimum Gasteiger partial charge on any atom is -0.348 e. The SMILES string of the molecule is CC.CNS(=O)(=O)/C=C/Cc1cnc[nH]1. The zero-order valence-electron chi connectivity index (χ0n) is 9.19. The van der Waals surface area contributed by atoms with Crippen LogP contribution in [0.3, 0.4) is 0 Å². The maximum absolute atomic E-state index is 10.9. The Balaban J connectivity index is 0.000000921. The van der Waals surface area contributed by atoms with E-state index in [0.29, 0.717) is 6.42 Å². The molecule has 1 aromatic rings. The van der Waals surface area contributed by atoms with E-state index in [1.54, 1.807) is 18.6 Å². The molecule has 1 heterocycles. The number of hydrogen-bond acceptors (Lipinski definition) is 3. The third-order valence-corrected chi connectivity index (χ3v) is 2.57. The van der Waals surface area contributed by atoms with Gasteiger partial charge in [0, 0.05) is 23.7 Å². The zero-order chi connectivity index (χ0) is 11.7. The van der Waals surface area contributed by atoms with Crippen molar-refractivity contribution in [3.63, 3.8) is 0 Å². The van der Waals surface area contributed by atoms with Gasteiger partial charge in [0.05, 0.1) is 6.33 Å². The third kappa shape index (κ3) is 6.03. The number of aromatic amines is 1. The van der Waals surface area contributed by atoms with Crippen molar-refractivity contribution in [3.05, 3.63) is 29.7 Å². The van der Waals surface area contributed by atoms with Gasteiger partial charge in [0.25, 0.3) is 0 Å². The second-order valence-electron chi connectivity index (χ2n) is 2.40. The lowest BCUT2D eigenvalue weighted by molar-refractivity contribution is 0.597. The van der Waals surface area contributed by atoms with Gasteiger partial charge in [-0.1, -0.05) is 19.9 Å². The van der Waals surface area contributed by atoms with Crippen LogP contribution in [-0.4, -0.2) is 25.4 Å². The Kier molecular flexibility index (Phi) is 6.64. The first-order valence-electron chi connectivity index (χ1n) is 4.71. The number of aromatic nitrogens is 2. The number of allylic oxidation sites excluding steroid dienone is 1. The van der Waals surface area contributed by atoms with Crippen LogP contribution in [0.1, 0.15) is 19.5 Å². The molecule has 0 saturated heterocycles. The summed E-state index contributed by atoms with van der Waals surface area (Å²) in [6, 6.07) is 0. The zero-order valence-corrected chi connectivity index (χ0v) is 10.0. The van der Waals surface area contributed by atoms with Gasteiger partial charge in [0.2, 0.25) is 10.0 Å². The van der Waals surface area contributed by atoms with E-state index in [-0.39, 0.29) is 0 Å². The normalized spacial score (nSPS) is 11.1. The maximum atomic E-state index is 10.9. The van der Waals surface area contributed by atoms with Crippen molar-refractivity contribution in [2.75, 3.05) is 7.05 Å². The van der Waals surface area contributed by atoms with Crippen molar-refractivity contribution in [1.29, 1.82) is 0 Å². The molecule has 0 unspecified atom stereocenters. The molecule has 15 heavy (non-hydrogen) atoms. The van der Waals surface area contributed by atoms with Crippen molar-refractivity contribution in [2.45, 2.75) is 20.3 Å². The van der Waals surface area contributed by atoms with Crippen LogP contribution in [0.4, 0.5) is 0 Å². The molecule has 0 aliphatic carbocycles. The van der Waals surface area contributed by atoms with Crippen molar-refractivity contribution in [1.82, 2.24) is 14.7 Å². The summed E-state index contributed by atoms with van der Waals surface area (Å²) >= 11 is 0. The van der Waals surface area contributed by atoms with E-state index in [1.807, 2.05) is 13.8 Å². The van der Waals surface area contributed by atoms with Crippen molar-refractivity contribution < 1.29 is 8.42 Å². The minimum absolute atomic E-state index is 0.529. The molecule has 0 fully saturated rings. The predicted octanol–water partition coefficient (Wildman–Crippen LogP) is 1.04. The fourth-order valence-electron chi connectivity index (χ4n) is 0.766. The lowest BCUT2D eigenvalue weighted by Gasteiger charge is -1.92. The van der Waals surface area contributed by atoms with E-state index in [1.165, 1.54) is 7.05 Å². The summed E-state index contributed by atoms with van der Waals surface area (Å²) < 4.78 is 24.0. The van der Waals surface area contributed by atoms with Crippen LogP contribution in [-0.2, 0) is 16.4 Å². The highest BCUT2D eigenvalue weighted by Gasteiger charge is 1.98. The molecule has 0 bridgehead atoms. The number of imidazole rings is 1. The summed E-state index contributed by atoms with van der Waals surface area (Å²) in [7, 11) is -1.87. The Bertz CT molecular complexity index is 368. The Morgan fingerprint density at radius 3 is 2.67 bits per heavy atom. The van der Waals surface area contributed by atoms with Gasteiger partial charge in [-0.15, -0.1) is 0 Å². The molecule has 0 aliphatic heterocycles. The van der Waals surface area contributed by atoms with Crippen molar-refractivity contribution in [3.8, 4) is 0 Å². The maximum Gasteiger partial charge on any atom is 0.233 e. The van der Waals surface area contributed by atoms with Crippen LogP contribution in [0.2, 0.25) is 0 Å². The highest BCUT2D eigenvalue weighted by Crippen LogP contribution is 1.95. The third-order valence-electron chi connectivity index (χ3n) is 1.45. The second-order valence-corrected chi connectivity index (χ2v) is 4.17. The summed E-state index contributed by atoms with van der Waals surface area (Å²) in [5, 5.41) is 1.13. The molecule has 5 nitrogen and oxygen atoms in total. The average Bonchev–Trinajstić information content (AvgIpc) is 2.74. The van der Waals surface area contributed by atoms with E-state index in [9.17, 15) is 8.42 Å². The number of nitrogens with zero attached hydrogens (tertiary/aromatic N) is 1. The molecule has 0 aromatic carbocycles. The summed E-state index contributed by atoms with van der Waals surface area (Å²) in [5.74, 6) is 0. The molecule has 0 spiro atoms. The number of rotatable bonds is 4. The van der Waals surface area contributed by atoms with Crippen LogP contribution in [0.5, 0.6) is 0 Å². The van der Waals surface area contributed by atoms with Crippen LogP contribution in [0.25, 0.3) is 0 Å². The molecule has 1 rings (SSSR count). The molecule has 6 heteroatoms. The second kappa shape index (κ2) is 7.19. The summed E-state index contributed by atoms with van der Waals surface area (Å²) in [4.78, 5) is 6.67. The molecule has 0 atom stereocenters. The highest BCUT2D eigenvalue weighted by atomic mass is 32.2. The van der Waals surface area contributed by atoms with Gasteiger partial charge in [-0.05, 0) is 7.05 Å². The number of H-pyrrole nitrogens is 1. The molecular formula is C9H17N3O2S. The van der Waals surface area contributed by atoms with Gasteiger partial charge in [0.15, 0.2) is 0 Å². The summed E-state index contributed by atoms with van der Waals surface area (Å²) in [6.07, 6.45) is 5.28. The molecule has 86 valence electrons. The number of hydrogen-bond donors (Lipinski definition) is 2. The predicted molar refractivity (Wildman–Crippen MR) is 60.8 cm³/mol. The highest BCUT2D eigenvalue weighted by molar-refractivity contribution is 7.92. The largest absolute Gasteiger partial charge is 0.348 e. The summed E-state index contributed by atoms with van der Waals surface area (Å²) in [6.45, 7) is 4.00. The number of sulfonamides is 1. The standard InChI is InChI=1S/C7H11N3O2S.C2H6/c1-8-13(11,12)4-2-3-7-5-9-6-10-7;1-2/h2,4-6,8H,3H2,1H3,(H,9,10);1-2H3/b4-2+;. The lowest BCUT2D eigenvalue weighted by Crippen LogP contribution is -2.14. The van der Waals surface area contributed by atoms with E-state index in [0.717, 1.165) is 11.1 Å². The lowest BCUT2D eigenvalue weighted by atomic mass is 10.3. The first kappa shape index (κ1) is 13.9. The van der Waals surface area contributed by atoms with Gasteiger partial charge in [-0.2, -0.15) is 0 Å². The molecule has 0 radical (unpaired) electrons. The molecular weight excluding hydrogens is 214 g/mol. The molecule has 0 aliphatic rings. The molecule has 2 N–H and O–H groups in total. The number of nitrogens with one attached hydrogen (secondary N) is 2. The van der Waals surface area contributed by atoms with E-state index < -0.39 is 10.0 Å². The fourth-order valence-corrected chi connectivity index (χ4v) is 1.25. The Morgan fingerprint density at radius 1 is 1.53 bits per heavy atom. The molecule has 1 aromatic heterocycles. The molecule has 0 saturated carbocycles. The van der Waals surface area contributed by atoms with Crippen LogP contribution in [0.15, 0.2) is 24.0 Å². The van der Waals surface area contributed by atoms with Crippen molar-refractivity contribution >= 4 is 10.0 Å².